The number of hydrogen-bond acceptors (Lipinski definition) is 3. The third-order valence-electron chi connectivity index (χ3n) is 3.41. The maximum Gasteiger partial charge on any atom is 0.240 e. The zero-order valence-corrected chi connectivity index (χ0v) is 11.2. The van der Waals surface area contributed by atoms with Gasteiger partial charge in [0.2, 0.25) is 5.91 Å². The van der Waals surface area contributed by atoms with Gasteiger partial charge in [-0.15, -0.1) is 11.3 Å². The van der Waals surface area contributed by atoms with E-state index in [1.807, 2.05) is 24.8 Å². The molecule has 2 unspecified atom stereocenters. The minimum Gasteiger partial charge on any atom is -0.333 e. The van der Waals surface area contributed by atoms with Crippen molar-refractivity contribution in [3.8, 4) is 0 Å². The zero-order chi connectivity index (χ0) is 12.4. The van der Waals surface area contributed by atoms with Crippen LogP contribution in [0.3, 0.4) is 0 Å². The summed E-state index contributed by atoms with van der Waals surface area (Å²) in [6.07, 6.45) is 2.15. The highest BCUT2D eigenvalue weighted by molar-refractivity contribution is 7.10. The molecule has 1 aliphatic heterocycles. The van der Waals surface area contributed by atoms with Crippen LogP contribution in [-0.2, 0) is 4.79 Å². The van der Waals surface area contributed by atoms with Crippen LogP contribution in [0.4, 0.5) is 0 Å². The number of likely N-dealkylation sites (tertiary alicyclic amines) is 1. The molecule has 2 atom stereocenters. The first-order valence-electron chi connectivity index (χ1n) is 6.20. The van der Waals surface area contributed by atoms with Crippen molar-refractivity contribution in [3.63, 3.8) is 0 Å². The molecule has 0 saturated carbocycles. The summed E-state index contributed by atoms with van der Waals surface area (Å²) in [5, 5.41) is 2.07. The van der Waals surface area contributed by atoms with Crippen LogP contribution in [0.15, 0.2) is 17.5 Å². The lowest BCUT2D eigenvalue weighted by Crippen LogP contribution is -2.46. The van der Waals surface area contributed by atoms with Crippen molar-refractivity contribution in [1.82, 2.24) is 4.90 Å². The van der Waals surface area contributed by atoms with E-state index < -0.39 is 0 Å². The number of carbonyl (C=O) groups excluding carboxylic acids is 1. The van der Waals surface area contributed by atoms with E-state index in [4.69, 9.17) is 5.73 Å². The maximum absolute atomic E-state index is 12.3. The number of amides is 1. The predicted octanol–water partition coefficient (Wildman–Crippen LogP) is 2.39. The lowest BCUT2D eigenvalue weighted by molar-refractivity contribution is -0.134. The van der Waals surface area contributed by atoms with Gasteiger partial charge in [0.15, 0.2) is 0 Å². The first-order valence-corrected chi connectivity index (χ1v) is 7.08. The van der Waals surface area contributed by atoms with E-state index in [9.17, 15) is 4.79 Å². The molecular formula is C13H20N2OS. The van der Waals surface area contributed by atoms with Gasteiger partial charge in [-0.05, 0) is 30.2 Å². The van der Waals surface area contributed by atoms with E-state index in [-0.39, 0.29) is 23.9 Å². The Hall–Kier alpha value is -0.870. The fourth-order valence-corrected chi connectivity index (χ4v) is 3.16. The Labute approximate surface area is 107 Å². The van der Waals surface area contributed by atoms with E-state index >= 15 is 0 Å². The van der Waals surface area contributed by atoms with Gasteiger partial charge in [-0.2, -0.15) is 0 Å². The van der Waals surface area contributed by atoms with E-state index in [1.165, 1.54) is 4.88 Å². The molecule has 2 rings (SSSR count). The zero-order valence-electron chi connectivity index (χ0n) is 10.4. The molecule has 4 heteroatoms. The Kier molecular flexibility index (Phi) is 3.84. The number of hydrogen-bond donors (Lipinski definition) is 1. The number of carbonyl (C=O) groups is 1. The standard InChI is InChI=1S/C13H20N2OS/c1-9(2)12(14)13(16)15-7-3-5-10(15)11-6-4-8-17-11/h4,6,8-10,12H,3,5,7,14H2,1-2H3. The third kappa shape index (κ3) is 2.53. The van der Waals surface area contributed by atoms with Crippen molar-refractivity contribution in [2.75, 3.05) is 6.54 Å². The second kappa shape index (κ2) is 5.19. The average Bonchev–Trinajstić information content (AvgIpc) is 2.96. The van der Waals surface area contributed by atoms with Crippen molar-refractivity contribution in [1.29, 1.82) is 0 Å². The summed E-state index contributed by atoms with van der Waals surface area (Å²) >= 11 is 1.73. The SMILES string of the molecule is CC(C)C(N)C(=O)N1CCCC1c1cccs1. The maximum atomic E-state index is 12.3. The quantitative estimate of drug-likeness (QED) is 0.898. The van der Waals surface area contributed by atoms with Crippen LogP contribution in [0.25, 0.3) is 0 Å². The van der Waals surface area contributed by atoms with Crippen LogP contribution in [0, 0.1) is 5.92 Å². The molecule has 2 heterocycles. The average molecular weight is 252 g/mol. The molecule has 17 heavy (non-hydrogen) atoms. The second-order valence-corrected chi connectivity index (χ2v) is 5.95. The van der Waals surface area contributed by atoms with Crippen molar-refractivity contribution >= 4 is 17.2 Å². The summed E-state index contributed by atoms with van der Waals surface area (Å²) in [4.78, 5) is 15.6. The largest absolute Gasteiger partial charge is 0.333 e. The summed E-state index contributed by atoms with van der Waals surface area (Å²) in [7, 11) is 0. The smallest absolute Gasteiger partial charge is 0.240 e. The molecule has 94 valence electrons. The van der Waals surface area contributed by atoms with E-state index in [2.05, 4.69) is 11.4 Å². The fourth-order valence-electron chi connectivity index (χ4n) is 2.28. The molecular weight excluding hydrogens is 232 g/mol. The van der Waals surface area contributed by atoms with Crippen LogP contribution in [0.2, 0.25) is 0 Å². The Bertz CT molecular complexity index is 375. The normalized spacial score (nSPS) is 22.1. The predicted molar refractivity (Wildman–Crippen MR) is 70.8 cm³/mol. The molecule has 1 amide bonds. The van der Waals surface area contributed by atoms with Crippen LogP contribution in [0.5, 0.6) is 0 Å². The molecule has 1 saturated heterocycles. The van der Waals surface area contributed by atoms with Gasteiger partial charge in [0.1, 0.15) is 0 Å². The molecule has 0 aromatic carbocycles. The summed E-state index contributed by atoms with van der Waals surface area (Å²) in [6.45, 7) is 4.85. The van der Waals surface area contributed by atoms with Gasteiger partial charge < -0.3 is 10.6 Å². The van der Waals surface area contributed by atoms with E-state index in [0.29, 0.717) is 0 Å². The van der Waals surface area contributed by atoms with Crippen molar-refractivity contribution < 1.29 is 4.79 Å². The molecule has 2 N–H and O–H groups in total. The van der Waals surface area contributed by atoms with Crippen LogP contribution in [0.1, 0.15) is 37.6 Å². The summed E-state index contributed by atoms with van der Waals surface area (Å²) in [5.41, 5.74) is 5.97. The van der Waals surface area contributed by atoms with E-state index in [0.717, 1.165) is 19.4 Å². The highest BCUT2D eigenvalue weighted by Gasteiger charge is 2.33. The minimum absolute atomic E-state index is 0.107. The Morgan fingerprint density at radius 2 is 2.35 bits per heavy atom. The van der Waals surface area contributed by atoms with Gasteiger partial charge in [-0.25, -0.2) is 0 Å². The summed E-state index contributed by atoms with van der Waals surface area (Å²) in [5.74, 6) is 0.308. The molecule has 1 fully saturated rings. The Balaban J connectivity index is 2.12. The molecule has 1 aromatic rings. The molecule has 0 bridgehead atoms. The van der Waals surface area contributed by atoms with Crippen molar-refractivity contribution in [3.05, 3.63) is 22.4 Å². The first-order chi connectivity index (χ1) is 8.11. The Morgan fingerprint density at radius 3 is 2.94 bits per heavy atom. The van der Waals surface area contributed by atoms with Crippen LogP contribution >= 0.6 is 11.3 Å². The molecule has 0 radical (unpaired) electrons. The van der Waals surface area contributed by atoms with Gasteiger partial charge >= 0.3 is 0 Å². The van der Waals surface area contributed by atoms with Crippen LogP contribution < -0.4 is 5.73 Å². The fraction of sp³-hybridized carbons (Fsp3) is 0.615. The van der Waals surface area contributed by atoms with Gasteiger partial charge in [0.05, 0.1) is 12.1 Å². The monoisotopic (exact) mass is 252 g/mol. The van der Waals surface area contributed by atoms with Crippen LogP contribution in [-0.4, -0.2) is 23.4 Å². The topological polar surface area (TPSA) is 46.3 Å². The summed E-state index contributed by atoms with van der Waals surface area (Å²) in [6, 6.07) is 4.05. The molecule has 0 spiro atoms. The Morgan fingerprint density at radius 1 is 1.59 bits per heavy atom. The van der Waals surface area contributed by atoms with Gasteiger partial charge in [-0.1, -0.05) is 19.9 Å². The van der Waals surface area contributed by atoms with Gasteiger partial charge in [0, 0.05) is 11.4 Å². The minimum atomic E-state index is -0.365. The highest BCUT2D eigenvalue weighted by Crippen LogP contribution is 2.34. The molecule has 1 aromatic heterocycles. The van der Waals surface area contributed by atoms with Crippen molar-refractivity contribution in [2.24, 2.45) is 11.7 Å². The van der Waals surface area contributed by atoms with E-state index in [1.54, 1.807) is 11.3 Å². The third-order valence-corrected chi connectivity index (χ3v) is 4.38. The molecule has 0 aliphatic carbocycles. The lowest BCUT2D eigenvalue weighted by Gasteiger charge is -2.28. The first kappa shape index (κ1) is 12.6. The molecule has 3 nitrogen and oxygen atoms in total. The van der Waals surface area contributed by atoms with Gasteiger partial charge in [0.25, 0.3) is 0 Å². The number of nitrogens with two attached hydrogens (primary N) is 1. The number of thiophene rings is 1. The van der Waals surface area contributed by atoms with Crippen molar-refractivity contribution in [2.45, 2.75) is 38.8 Å². The highest BCUT2D eigenvalue weighted by atomic mass is 32.1. The van der Waals surface area contributed by atoms with Gasteiger partial charge in [-0.3, -0.25) is 4.79 Å². The second-order valence-electron chi connectivity index (χ2n) is 4.97. The molecule has 1 aliphatic rings. The lowest BCUT2D eigenvalue weighted by atomic mass is 10.0. The number of rotatable bonds is 3. The number of nitrogens with zero attached hydrogens (tertiary/aromatic N) is 1. The summed E-state index contributed by atoms with van der Waals surface area (Å²) < 4.78 is 0.